The second-order valence-electron chi connectivity index (χ2n) is 6.84. The summed E-state index contributed by atoms with van der Waals surface area (Å²) in [6.07, 6.45) is 0.516. The predicted octanol–water partition coefficient (Wildman–Crippen LogP) is 3.25. The number of hydrogen-bond acceptors (Lipinski definition) is 5. The average molecular weight is 421 g/mol. The van der Waals surface area contributed by atoms with Crippen molar-refractivity contribution in [3.05, 3.63) is 65.5 Å². The molecule has 2 rings (SSSR count). The van der Waals surface area contributed by atoms with Crippen LogP contribution in [-0.2, 0) is 19.6 Å². The number of benzene rings is 2. The highest BCUT2D eigenvalue weighted by Crippen LogP contribution is 2.16. The van der Waals surface area contributed by atoms with Gasteiger partial charge in [0.25, 0.3) is 0 Å². The molecule has 0 aliphatic carbocycles. The maximum Gasteiger partial charge on any atom is 0.324 e. The molecule has 6 nitrogen and oxygen atoms in total. The van der Waals surface area contributed by atoms with Crippen molar-refractivity contribution < 1.29 is 27.1 Å². The minimum atomic E-state index is -3.95. The van der Waals surface area contributed by atoms with E-state index in [2.05, 4.69) is 4.72 Å². The van der Waals surface area contributed by atoms with E-state index in [1.54, 1.807) is 19.1 Å². The molecule has 0 fully saturated rings. The third-order valence-corrected chi connectivity index (χ3v) is 6.05. The first-order valence-electron chi connectivity index (χ1n) is 9.18. The zero-order valence-corrected chi connectivity index (χ0v) is 17.3. The molecule has 0 aliphatic heterocycles. The van der Waals surface area contributed by atoms with Crippen LogP contribution < -0.4 is 4.72 Å². The van der Waals surface area contributed by atoms with Crippen LogP contribution in [0, 0.1) is 18.7 Å². The Kier molecular flexibility index (Phi) is 7.64. The van der Waals surface area contributed by atoms with Gasteiger partial charge in [-0.15, -0.1) is 0 Å². The summed E-state index contributed by atoms with van der Waals surface area (Å²) in [5, 5.41) is 0. The number of rotatable bonds is 9. The predicted molar refractivity (Wildman–Crippen MR) is 106 cm³/mol. The number of nitrogens with one attached hydrogen (secondary N) is 1. The van der Waals surface area contributed by atoms with E-state index in [0.717, 1.165) is 17.7 Å². The van der Waals surface area contributed by atoms with Gasteiger partial charge in [-0.1, -0.05) is 38.0 Å². The summed E-state index contributed by atoms with van der Waals surface area (Å²) in [5.41, 5.74) is 1.10. The Morgan fingerprint density at radius 3 is 2.21 bits per heavy atom. The Labute approximate surface area is 170 Å². The van der Waals surface area contributed by atoms with Crippen LogP contribution in [0.2, 0.25) is 0 Å². The fourth-order valence-electron chi connectivity index (χ4n) is 2.53. The van der Waals surface area contributed by atoms with E-state index in [0.29, 0.717) is 6.42 Å². The molecule has 2 aromatic rings. The fourth-order valence-corrected chi connectivity index (χ4v) is 3.82. The molecule has 0 heterocycles. The van der Waals surface area contributed by atoms with E-state index in [-0.39, 0.29) is 16.4 Å². The maximum atomic E-state index is 13.0. The van der Waals surface area contributed by atoms with Gasteiger partial charge >= 0.3 is 5.97 Å². The summed E-state index contributed by atoms with van der Waals surface area (Å²) in [5.74, 6) is -2.20. The molecule has 0 saturated heterocycles. The number of ketones is 1. The lowest BCUT2D eigenvalue weighted by atomic mass is 10.0. The molecule has 156 valence electrons. The zero-order chi connectivity index (χ0) is 21.6. The molecule has 0 unspecified atom stereocenters. The van der Waals surface area contributed by atoms with Gasteiger partial charge in [0.1, 0.15) is 11.9 Å². The number of Topliss-reactive ketones (excluding diaryl/α,β-unsaturated/α-hetero) is 1. The highest BCUT2D eigenvalue weighted by Gasteiger charge is 2.31. The van der Waals surface area contributed by atoms with Gasteiger partial charge in [-0.2, -0.15) is 4.72 Å². The molecule has 2 aromatic carbocycles. The minimum Gasteiger partial charge on any atom is -0.456 e. The lowest BCUT2D eigenvalue weighted by Gasteiger charge is -2.22. The topological polar surface area (TPSA) is 89.5 Å². The van der Waals surface area contributed by atoms with Gasteiger partial charge in [-0.25, -0.2) is 12.8 Å². The fraction of sp³-hybridized carbons (Fsp3) is 0.333. The van der Waals surface area contributed by atoms with Gasteiger partial charge < -0.3 is 4.74 Å². The van der Waals surface area contributed by atoms with Gasteiger partial charge in [-0.05, 0) is 49.2 Å². The third-order valence-electron chi connectivity index (χ3n) is 4.59. The number of carbonyl (C=O) groups is 2. The molecule has 0 aliphatic rings. The Balaban J connectivity index is 2.10. The van der Waals surface area contributed by atoms with Crippen molar-refractivity contribution in [2.45, 2.75) is 38.1 Å². The summed E-state index contributed by atoms with van der Waals surface area (Å²) in [4.78, 5) is 24.7. The standard InChI is InChI=1S/C21H24FNO5S/c1-4-15(3)20(23-29(26,27)18-11-5-14(2)6-12-18)21(25)28-13-19(24)16-7-9-17(22)10-8-16/h5-12,15,20,23H,4,13H2,1-3H3/t15-,20+/m0/s1. The van der Waals surface area contributed by atoms with Crippen LogP contribution in [0.3, 0.4) is 0 Å². The second-order valence-corrected chi connectivity index (χ2v) is 8.55. The molecule has 29 heavy (non-hydrogen) atoms. The van der Waals surface area contributed by atoms with Gasteiger partial charge in [0.15, 0.2) is 12.4 Å². The monoisotopic (exact) mass is 421 g/mol. The van der Waals surface area contributed by atoms with E-state index < -0.39 is 40.2 Å². The maximum absolute atomic E-state index is 13.0. The SMILES string of the molecule is CC[C@H](C)[C@@H](NS(=O)(=O)c1ccc(C)cc1)C(=O)OCC(=O)c1ccc(F)cc1. The number of esters is 1. The first kappa shape index (κ1) is 22.7. The van der Waals surface area contributed by atoms with Crippen molar-refractivity contribution in [3.63, 3.8) is 0 Å². The van der Waals surface area contributed by atoms with E-state index in [1.807, 2.05) is 13.8 Å². The Morgan fingerprint density at radius 1 is 1.07 bits per heavy atom. The van der Waals surface area contributed by atoms with Crippen molar-refractivity contribution >= 4 is 21.8 Å². The molecule has 2 atom stereocenters. The van der Waals surface area contributed by atoms with Crippen LogP contribution in [0.5, 0.6) is 0 Å². The third kappa shape index (κ3) is 6.20. The molecule has 0 amide bonds. The summed E-state index contributed by atoms with van der Waals surface area (Å²) in [6.45, 7) is 4.80. The van der Waals surface area contributed by atoms with Crippen LogP contribution in [-0.4, -0.2) is 32.8 Å². The largest absolute Gasteiger partial charge is 0.456 e. The van der Waals surface area contributed by atoms with Gasteiger partial charge in [0, 0.05) is 5.56 Å². The quantitative estimate of drug-likeness (QED) is 0.496. The minimum absolute atomic E-state index is 0.0339. The number of hydrogen-bond donors (Lipinski definition) is 1. The molecule has 0 radical (unpaired) electrons. The number of halogens is 1. The molecule has 0 saturated carbocycles. The van der Waals surface area contributed by atoms with Crippen molar-refractivity contribution in [3.8, 4) is 0 Å². The van der Waals surface area contributed by atoms with Crippen LogP contribution >= 0.6 is 0 Å². The molecular weight excluding hydrogens is 397 g/mol. The van der Waals surface area contributed by atoms with E-state index in [1.165, 1.54) is 24.3 Å². The number of carbonyl (C=O) groups excluding carboxylic acids is 2. The van der Waals surface area contributed by atoms with Crippen molar-refractivity contribution in [2.24, 2.45) is 5.92 Å². The molecular formula is C21H24FNO5S. The number of aryl methyl sites for hydroxylation is 1. The summed E-state index contributed by atoms with van der Waals surface area (Å²) in [6, 6.07) is 9.92. The first-order chi connectivity index (χ1) is 13.6. The van der Waals surface area contributed by atoms with Crippen LogP contribution in [0.15, 0.2) is 53.4 Å². The normalized spacial score (nSPS) is 13.5. The summed E-state index contributed by atoms with van der Waals surface area (Å²) < 4.78 is 45.7. The van der Waals surface area contributed by atoms with Gasteiger partial charge in [0.05, 0.1) is 4.90 Å². The van der Waals surface area contributed by atoms with E-state index in [4.69, 9.17) is 4.74 Å². The first-order valence-corrected chi connectivity index (χ1v) is 10.7. The summed E-state index contributed by atoms with van der Waals surface area (Å²) >= 11 is 0. The summed E-state index contributed by atoms with van der Waals surface area (Å²) in [7, 11) is -3.95. The molecule has 0 bridgehead atoms. The number of sulfonamides is 1. The van der Waals surface area contributed by atoms with E-state index in [9.17, 15) is 22.4 Å². The molecule has 0 aromatic heterocycles. The van der Waals surface area contributed by atoms with E-state index >= 15 is 0 Å². The lowest BCUT2D eigenvalue weighted by Crippen LogP contribution is -2.46. The van der Waals surface area contributed by atoms with Gasteiger partial charge in [0.2, 0.25) is 10.0 Å². The number of ether oxygens (including phenoxy) is 1. The zero-order valence-electron chi connectivity index (χ0n) is 16.5. The molecule has 8 heteroatoms. The Bertz CT molecular complexity index is 956. The van der Waals surface area contributed by atoms with Crippen molar-refractivity contribution in [1.29, 1.82) is 0 Å². The van der Waals surface area contributed by atoms with Crippen molar-refractivity contribution in [1.82, 2.24) is 4.72 Å². The van der Waals surface area contributed by atoms with Crippen LogP contribution in [0.1, 0.15) is 36.2 Å². The van der Waals surface area contributed by atoms with Crippen LogP contribution in [0.4, 0.5) is 4.39 Å². The highest BCUT2D eigenvalue weighted by atomic mass is 32.2. The Morgan fingerprint density at radius 2 is 1.66 bits per heavy atom. The molecule has 0 spiro atoms. The lowest BCUT2D eigenvalue weighted by molar-refractivity contribution is -0.145. The smallest absolute Gasteiger partial charge is 0.324 e. The second kappa shape index (κ2) is 9.76. The highest BCUT2D eigenvalue weighted by molar-refractivity contribution is 7.89. The Hall–Kier alpha value is -2.58. The van der Waals surface area contributed by atoms with Gasteiger partial charge in [-0.3, -0.25) is 9.59 Å². The molecule has 1 N–H and O–H groups in total. The van der Waals surface area contributed by atoms with Crippen molar-refractivity contribution in [2.75, 3.05) is 6.61 Å². The average Bonchev–Trinajstić information content (AvgIpc) is 2.70. The van der Waals surface area contributed by atoms with Crippen LogP contribution in [0.25, 0.3) is 0 Å².